The van der Waals surface area contributed by atoms with Crippen molar-refractivity contribution in [2.45, 2.75) is 25.8 Å². The van der Waals surface area contributed by atoms with Gasteiger partial charge in [-0.3, -0.25) is 19.5 Å². The van der Waals surface area contributed by atoms with Gasteiger partial charge in [-0.1, -0.05) is 58.4 Å². The monoisotopic (exact) mass is 468 g/mol. The number of benzene rings is 2. The fourth-order valence-electron chi connectivity index (χ4n) is 2.89. The van der Waals surface area contributed by atoms with Crippen molar-refractivity contribution in [1.82, 2.24) is 15.5 Å². The number of aromatic nitrogens is 2. The van der Waals surface area contributed by atoms with Crippen molar-refractivity contribution in [3.63, 3.8) is 0 Å². The molecule has 8 heteroatoms. The number of ketones is 1. The zero-order valence-corrected chi connectivity index (χ0v) is 17.9. The van der Waals surface area contributed by atoms with Crippen LogP contribution in [0.15, 0.2) is 65.3 Å². The van der Waals surface area contributed by atoms with Crippen LogP contribution in [-0.4, -0.2) is 33.8 Å². The number of aromatic amines is 1. The SMILES string of the molecule is CC(NC(=O)CCC(=O)Nc1[nH]ncc1-c1ccccc1)C(=O)c1ccc(Br)cc1. The molecule has 0 aliphatic carbocycles. The Morgan fingerprint density at radius 2 is 1.67 bits per heavy atom. The maximum absolute atomic E-state index is 12.4. The van der Waals surface area contributed by atoms with Crippen LogP contribution in [0.5, 0.6) is 0 Å². The third kappa shape index (κ3) is 5.64. The summed E-state index contributed by atoms with van der Waals surface area (Å²) in [5, 5.41) is 12.1. The van der Waals surface area contributed by atoms with E-state index in [1.807, 2.05) is 30.3 Å². The quantitative estimate of drug-likeness (QED) is 0.435. The number of nitrogens with zero attached hydrogens (tertiary/aromatic N) is 1. The van der Waals surface area contributed by atoms with E-state index in [1.165, 1.54) is 0 Å². The van der Waals surface area contributed by atoms with E-state index >= 15 is 0 Å². The van der Waals surface area contributed by atoms with Crippen LogP contribution < -0.4 is 10.6 Å². The summed E-state index contributed by atoms with van der Waals surface area (Å²) < 4.78 is 0.870. The van der Waals surface area contributed by atoms with Crippen LogP contribution in [0.1, 0.15) is 30.1 Å². The second kappa shape index (κ2) is 9.98. The number of amides is 2. The van der Waals surface area contributed by atoms with Gasteiger partial charge in [0.05, 0.1) is 12.2 Å². The molecule has 3 rings (SSSR count). The van der Waals surface area contributed by atoms with Crippen molar-refractivity contribution in [3.8, 4) is 11.1 Å². The average Bonchev–Trinajstić information content (AvgIpc) is 3.21. The maximum Gasteiger partial charge on any atom is 0.226 e. The number of nitrogens with one attached hydrogen (secondary N) is 3. The molecule has 0 aliphatic rings. The highest BCUT2D eigenvalue weighted by molar-refractivity contribution is 9.10. The lowest BCUT2D eigenvalue weighted by Gasteiger charge is -2.13. The number of anilines is 1. The highest BCUT2D eigenvalue weighted by atomic mass is 79.9. The lowest BCUT2D eigenvalue weighted by atomic mass is 10.1. The molecule has 0 fully saturated rings. The van der Waals surface area contributed by atoms with Gasteiger partial charge >= 0.3 is 0 Å². The van der Waals surface area contributed by atoms with Gasteiger partial charge in [0, 0.05) is 28.4 Å². The van der Waals surface area contributed by atoms with Gasteiger partial charge in [0.15, 0.2) is 5.78 Å². The largest absolute Gasteiger partial charge is 0.346 e. The molecule has 0 saturated carbocycles. The molecular formula is C22H21BrN4O3. The van der Waals surface area contributed by atoms with Gasteiger partial charge in [-0.2, -0.15) is 5.10 Å². The number of carbonyl (C=O) groups is 3. The lowest BCUT2D eigenvalue weighted by Crippen LogP contribution is -2.38. The minimum atomic E-state index is -0.681. The van der Waals surface area contributed by atoms with Crippen LogP contribution in [-0.2, 0) is 9.59 Å². The van der Waals surface area contributed by atoms with E-state index in [0.29, 0.717) is 11.4 Å². The molecule has 0 bridgehead atoms. The molecule has 2 amide bonds. The Morgan fingerprint density at radius 3 is 2.37 bits per heavy atom. The van der Waals surface area contributed by atoms with Gasteiger partial charge in [-0.05, 0) is 24.6 Å². The van der Waals surface area contributed by atoms with Crippen LogP contribution in [0.4, 0.5) is 5.82 Å². The molecule has 0 radical (unpaired) electrons. The Bertz CT molecular complexity index is 1030. The van der Waals surface area contributed by atoms with Gasteiger partial charge in [-0.15, -0.1) is 0 Å². The van der Waals surface area contributed by atoms with Gasteiger partial charge in [0.1, 0.15) is 5.82 Å². The second-order valence-corrected chi connectivity index (χ2v) is 7.65. The van der Waals surface area contributed by atoms with Crippen molar-refractivity contribution in [3.05, 3.63) is 70.8 Å². The minimum Gasteiger partial charge on any atom is -0.346 e. The van der Waals surface area contributed by atoms with Crippen LogP contribution in [0, 0.1) is 0 Å². The first-order valence-electron chi connectivity index (χ1n) is 9.42. The van der Waals surface area contributed by atoms with Crippen molar-refractivity contribution in [2.24, 2.45) is 0 Å². The van der Waals surface area contributed by atoms with E-state index in [-0.39, 0.29) is 30.4 Å². The topological polar surface area (TPSA) is 104 Å². The normalized spacial score (nSPS) is 11.5. The van der Waals surface area contributed by atoms with E-state index < -0.39 is 6.04 Å². The fraction of sp³-hybridized carbons (Fsp3) is 0.182. The predicted molar refractivity (Wildman–Crippen MR) is 118 cm³/mol. The molecule has 0 spiro atoms. The van der Waals surface area contributed by atoms with Gasteiger partial charge in [0.25, 0.3) is 0 Å². The summed E-state index contributed by atoms with van der Waals surface area (Å²) >= 11 is 3.32. The Kier molecular flexibility index (Phi) is 7.13. The smallest absolute Gasteiger partial charge is 0.226 e. The van der Waals surface area contributed by atoms with Crippen LogP contribution >= 0.6 is 15.9 Å². The molecule has 3 aromatic rings. The Labute approximate surface area is 182 Å². The van der Waals surface area contributed by atoms with E-state index in [2.05, 4.69) is 36.8 Å². The molecule has 1 unspecified atom stereocenters. The zero-order valence-electron chi connectivity index (χ0n) is 16.3. The molecule has 0 saturated heterocycles. The summed E-state index contributed by atoms with van der Waals surface area (Å²) in [6.45, 7) is 1.62. The van der Waals surface area contributed by atoms with E-state index in [0.717, 1.165) is 15.6 Å². The Morgan fingerprint density at radius 1 is 1.00 bits per heavy atom. The van der Waals surface area contributed by atoms with Crippen molar-refractivity contribution >= 4 is 39.3 Å². The Hall–Kier alpha value is -3.26. The second-order valence-electron chi connectivity index (χ2n) is 6.73. The predicted octanol–water partition coefficient (Wildman–Crippen LogP) is 3.95. The molecule has 30 heavy (non-hydrogen) atoms. The molecule has 154 valence electrons. The first-order valence-corrected chi connectivity index (χ1v) is 10.2. The van der Waals surface area contributed by atoms with E-state index in [4.69, 9.17) is 0 Å². The number of carbonyl (C=O) groups excluding carboxylic acids is 3. The van der Waals surface area contributed by atoms with Crippen molar-refractivity contribution in [2.75, 3.05) is 5.32 Å². The lowest BCUT2D eigenvalue weighted by molar-refractivity contribution is -0.124. The number of H-pyrrole nitrogens is 1. The van der Waals surface area contributed by atoms with Gasteiger partial charge < -0.3 is 10.6 Å². The standard InChI is InChI=1S/C22H21BrN4O3/c1-14(21(30)16-7-9-17(23)10-8-16)25-19(28)11-12-20(29)26-22-18(13-24-27-22)15-5-3-2-4-6-15/h2-10,13-14H,11-12H2,1H3,(H,25,28)(H2,24,26,27,29). The summed E-state index contributed by atoms with van der Waals surface area (Å²) in [5.74, 6) is -0.398. The molecular weight excluding hydrogens is 448 g/mol. The third-order valence-electron chi connectivity index (χ3n) is 4.47. The van der Waals surface area contributed by atoms with Crippen LogP contribution in [0.25, 0.3) is 11.1 Å². The average molecular weight is 469 g/mol. The minimum absolute atomic E-state index is 0.0156. The molecule has 3 N–H and O–H groups in total. The molecule has 0 aliphatic heterocycles. The molecule has 1 atom stereocenters. The first-order chi connectivity index (χ1) is 14.4. The first kappa shape index (κ1) is 21.4. The number of Topliss-reactive ketones (excluding diaryl/α,β-unsaturated/α-hetero) is 1. The van der Waals surface area contributed by atoms with Crippen molar-refractivity contribution < 1.29 is 14.4 Å². The van der Waals surface area contributed by atoms with Crippen molar-refractivity contribution in [1.29, 1.82) is 0 Å². The summed E-state index contributed by atoms with van der Waals surface area (Å²) in [7, 11) is 0. The summed E-state index contributed by atoms with van der Waals surface area (Å²) in [6, 6.07) is 15.8. The number of hydrogen-bond acceptors (Lipinski definition) is 4. The van der Waals surface area contributed by atoms with Gasteiger partial charge in [-0.25, -0.2) is 0 Å². The fourth-order valence-corrected chi connectivity index (χ4v) is 3.15. The summed E-state index contributed by atoms with van der Waals surface area (Å²) in [6.07, 6.45) is 1.59. The van der Waals surface area contributed by atoms with Crippen LogP contribution in [0.3, 0.4) is 0 Å². The Balaban J connectivity index is 1.49. The van der Waals surface area contributed by atoms with Gasteiger partial charge in [0.2, 0.25) is 11.8 Å². The summed E-state index contributed by atoms with van der Waals surface area (Å²) in [5.41, 5.74) is 2.19. The molecule has 1 aromatic heterocycles. The van der Waals surface area contributed by atoms with E-state index in [1.54, 1.807) is 37.4 Å². The maximum atomic E-state index is 12.4. The summed E-state index contributed by atoms with van der Waals surface area (Å²) in [4.78, 5) is 36.8. The highest BCUT2D eigenvalue weighted by Gasteiger charge is 2.18. The zero-order chi connectivity index (χ0) is 21.5. The van der Waals surface area contributed by atoms with E-state index in [9.17, 15) is 14.4 Å². The molecule has 1 heterocycles. The number of hydrogen-bond donors (Lipinski definition) is 3. The number of halogens is 1. The molecule has 7 nitrogen and oxygen atoms in total. The highest BCUT2D eigenvalue weighted by Crippen LogP contribution is 2.25. The number of rotatable bonds is 8. The van der Waals surface area contributed by atoms with Crippen LogP contribution in [0.2, 0.25) is 0 Å². The molecule has 2 aromatic carbocycles. The third-order valence-corrected chi connectivity index (χ3v) is 5.00.